The minimum atomic E-state index is -0.271. The molecule has 0 saturated carbocycles. The van der Waals surface area contributed by atoms with Crippen LogP contribution >= 0.6 is 0 Å². The molecule has 2 N–H and O–H groups in total. The minimum absolute atomic E-state index is 0.0288. The molecule has 0 unspecified atom stereocenters. The van der Waals surface area contributed by atoms with Crippen molar-refractivity contribution in [2.24, 2.45) is 5.41 Å². The second-order valence-corrected chi connectivity index (χ2v) is 6.94. The number of hydrogen-bond donors (Lipinski definition) is 2. The zero-order valence-corrected chi connectivity index (χ0v) is 14.5. The summed E-state index contributed by atoms with van der Waals surface area (Å²) in [5.41, 5.74) is 2.08. The van der Waals surface area contributed by atoms with Crippen molar-refractivity contribution in [1.29, 1.82) is 0 Å². The smallest absolute Gasteiger partial charge is 0.241 e. The van der Waals surface area contributed by atoms with Gasteiger partial charge >= 0.3 is 0 Å². The molecular formula is C18H30N2O2. The number of nitrogens with zero attached hydrogens (tertiary/aromatic N) is 1. The number of likely N-dealkylation sites (N-methyl/N-ethyl adjacent to an activating group) is 1. The van der Waals surface area contributed by atoms with E-state index in [1.54, 1.807) is 0 Å². The van der Waals surface area contributed by atoms with E-state index < -0.39 is 0 Å². The lowest BCUT2D eigenvalue weighted by molar-refractivity contribution is -0.125. The summed E-state index contributed by atoms with van der Waals surface area (Å²) in [6.45, 7) is 6.90. The summed E-state index contributed by atoms with van der Waals surface area (Å²) in [6.07, 6.45) is 1.76. The number of hydrogen-bond acceptors (Lipinski definition) is 3. The lowest BCUT2D eigenvalue weighted by atomic mass is 9.89. The Bertz CT molecular complexity index is 484. The van der Waals surface area contributed by atoms with Gasteiger partial charge in [-0.2, -0.15) is 0 Å². The lowest BCUT2D eigenvalue weighted by Gasteiger charge is -2.26. The van der Waals surface area contributed by atoms with E-state index in [1.165, 1.54) is 0 Å². The zero-order chi connectivity index (χ0) is 16.8. The summed E-state index contributed by atoms with van der Waals surface area (Å²) < 4.78 is 0. The van der Waals surface area contributed by atoms with Gasteiger partial charge in [-0.15, -0.1) is 0 Å². The van der Waals surface area contributed by atoms with Crippen LogP contribution in [0.25, 0.3) is 0 Å². The van der Waals surface area contributed by atoms with Gasteiger partial charge in [-0.1, -0.05) is 38.1 Å². The van der Waals surface area contributed by atoms with Gasteiger partial charge < -0.3 is 10.4 Å². The van der Waals surface area contributed by atoms with Crippen LogP contribution in [0, 0.1) is 12.3 Å². The maximum absolute atomic E-state index is 12.5. The third kappa shape index (κ3) is 5.43. The number of carbonyl (C=O) groups excluding carboxylic acids is 1. The highest BCUT2D eigenvalue weighted by atomic mass is 16.3. The summed E-state index contributed by atoms with van der Waals surface area (Å²) in [5, 5.41) is 12.3. The van der Waals surface area contributed by atoms with E-state index in [0.29, 0.717) is 6.54 Å². The van der Waals surface area contributed by atoms with Crippen molar-refractivity contribution in [2.45, 2.75) is 39.7 Å². The normalized spacial score (nSPS) is 13.2. The average molecular weight is 306 g/mol. The average Bonchev–Trinajstić information content (AvgIpc) is 2.45. The molecule has 1 aromatic carbocycles. The predicted octanol–water partition coefficient (Wildman–Crippen LogP) is 2.51. The molecule has 0 aromatic heterocycles. The number of rotatable bonds is 8. The fourth-order valence-electron chi connectivity index (χ4n) is 2.50. The van der Waals surface area contributed by atoms with Crippen LogP contribution in [-0.4, -0.2) is 43.2 Å². The van der Waals surface area contributed by atoms with Crippen molar-refractivity contribution >= 4 is 5.91 Å². The van der Waals surface area contributed by atoms with Crippen molar-refractivity contribution in [1.82, 2.24) is 10.2 Å². The van der Waals surface area contributed by atoms with Gasteiger partial charge in [0.1, 0.15) is 6.04 Å². The fourth-order valence-corrected chi connectivity index (χ4v) is 2.50. The Kier molecular flexibility index (Phi) is 7.04. The molecule has 0 aliphatic carbocycles. The molecule has 1 rings (SSSR count). The van der Waals surface area contributed by atoms with Gasteiger partial charge in [0.2, 0.25) is 5.91 Å². The molecule has 1 amide bonds. The molecule has 124 valence electrons. The van der Waals surface area contributed by atoms with Crippen LogP contribution < -0.4 is 5.32 Å². The zero-order valence-electron chi connectivity index (χ0n) is 14.5. The number of nitrogens with one attached hydrogen (secondary N) is 1. The number of aryl methyl sites for hydroxylation is 1. The molecule has 0 spiro atoms. The Morgan fingerprint density at radius 1 is 1.32 bits per heavy atom. The van der Waals surface area contributed by atoms with Gasteiger partial charge in [0.05, 0.1) is 0 Å². The number of carbonyl (C=O) groups is 1. The SMILES string of the molecule is Cc1ccccc1[C@H](C(=O)NCCCC(C)(C)CO)N(C)C. The van der Waals surface area contributed by atoms with E-state index in [4.69, 9.17) is 0 Å². The Morgan fingerprint density at radius 2 is 1.95 bits per heavy atom. The molecule has 1 aromatic rings. The number of aliphatic hydroxyl groups excluding tert-OH is 1. The summed E-state index contributed by atoms with van der Waals surface area (Å²) in [5.74, 6) is 0.0288. The van der Waals surface area contributed by atoms with Crippen molar-refractivity contribution in [3.8, 4) is 0 Å². The van der Waals surface area contributed by atoms with Gasteiger partial charge in [0.15, 0.2) is 0 Å². The topological polar surface area (TPSA) is 52.6 Å². The molecule has 0 aliphatic heterocycles. The largest absolute Gasteiger partial charge is 0.396 e. The first kappa shape index (κ1) is 18.7. The Balaban J connectivity index is 2.63. The highest BCUT2D eigenvalue weighted by molar-refractivity contribution is 5.83. The first-order valence-electron chi connectivity index (χ1n) is 7.89. The maximum Gasteiger partial charge on any atom is 0.241 e. The third-order valence-corrected chi connectivity index (χ3v) is 4.01. The molecule has 1 atom stereocenters. The monoisotopic (exact) mass is 306 g/mol. The van der Waals surface area contributed by atoms with Crippen molar-refractivity contribution < 1.29 is 9.90 Å². The quantitative estimate of drug-likeness (QED) is 0.726. The van der Waals surface area contributed by atoms with E-state index in [2.05, 4.69) is 5.32 Å². The van der Waals surface area contributed by atoms with Crippen LogP contribution in [0.15, 0.2) is 24.3 Å². The number of aliphatic hydroxyl groups is 1. The molecule has 4 heteroatoms. The molecule has 0 aliphatic rings. The predicted molar refractivity (Wildman–Crippen MR) is 90.7 cm³/mol. The first-order valence-corrected chi connectivity index (χ1v) is 7.89. The van der Waals surface area contributed by atoms with Crippen LogP contribution in [0.2, 0.25) is 0 Å². The molecular weight excluding hydrogens is 276 g/mol. The van der Waals surface area contributed by atoms with Crippen molar-refractivity contribution in [3.05, 3.63) is 35.4 Å². The van der Waals surface area contributed by atoms with Gasteiger partial charge in [-0.05, 0) is 50.4 Å². The van der Waals surface area contributed by atoms with Crippen molar-refractivity contribution in [3.63, 3.8) is 0 Å². The molecule has 0 radical (unpaired) electrons. The van der Waals surface area contributed by atoms with Crippen LogP contribution in [0.3, 0.4) is 0 Å². The maximum atomic E-state index is 12.5. The first-order chi connectivity index (χ1) is 10.3. The number of amides is 1. The highest BCUT2D eigenvalue weighted by Crippen LogP contribution is 2.23. The van der Waals surface area contributed by atoms with Crippen LogP contribution in [-0.2, 0) is 4.79 Å². The molecule has 22 heavy (non-hydrogen) atoms. The van der Waals surface area contributed by atoms with Gasteiger partial charge in [-0.3, -0.25) is 9.69 Å². The van der Waals surface area contributed by atoms with Gasteiger partial charge in [0.25, 0.3) is 0 Å². The van der Waals surface area contributed by atoms with E-state index in [1.807, 2.05) is 64.0 Å². The standard InChI is InChI=1S/C18H30N2O2/c1-14-9-6-7-10-15(14)16(20(4)5)17(22)19-12-8-11-18(2,3)13-21/h6-7,9-10,16,21H,8,11-13H2,1-5H3,(H,19,22)/t16-/m1/s1. The summed E-state index contributed by atoms with van der Waals surface area (Å²) in [7, 11) is 3.84. The molecule has 4 nitrogen and oxygen atoms in total. The summed E-state index contributed by atoms with van der Waals surface area (Å²) in [4.78, 5) is 14.5. The van der Waals surface area contributed by atoms with Crippen LogP contribution in [0.1, 0.15) is 43.9 Å². The van der Waals surface area contributed by atoms with Gasteiger partial charge in [-0.25, -0.2) is 0 Å². The van der Waals surface area contributed by atoms with E-state index in [0.717, 1.165) is 24.0 Å². The Labute approximate surface area is 134 Å². The number of benzene rings is 1. The molecule has 0 heterocycles. The van der Waals surface area contributed by atoms with Gasteiger partial charge in [0, 0.05) is 13.2 Å². The lowest BCUT2D eigenvalue weighted by Crippen LogP contribution is -2.38. The van der Waals surface area contributed by atoms with Crippen LogP contribution in [0.5, 0.6) is 0 Å². The van der Waals surface area contributed by atoms with E-state index in [-0.39, 0.29) is 24.0 Å². The van der Waals surface area contributed by atoms with E-state index >= 15 is 0 Å². The Morgan fingerprint density at radius 3 is 2.50 bits per heavy atom. The van der Waals surface area contributed by atoms with E-state index in [9.17, 15) is 9.90 Å². The van der Waals surface area contributed by atoms with Crippen molar-refractivity contribution in [2.75, 3.05) is 27.2 Å². The third-order valence-electron chi connectivity index (χ3n) is 4.01. The fraction of sp³-hybridized carbons (Fsp3) is 0.611. The molecule has 0 saturated heterocycles. The second-order valence-electron chi connectivity index (χ2n) is 6.94. The summed E-state index contributed by atoms with van der Waals surface area (Å²) in [6, 6.07) is 7.72. The highest BCUT2D eigenvalue weighted by Gasteiger charge is 2.24. The second kappa shape index (κ2) is 8.30. The minimum Gasteiger partial charge on any atom is -0.396 e. The Hall–Kier alpha value is -1.39. The summed E-state index contributed by atoms with van der Waals surface area (Å²) >= 11 is 0. The molecule has 0 bridgehead atoms. The molecule has 0 fully saturated rings. The van der Waals surface area contributed by atoms with Crippen LogP contribution in [0.4, 0.5) is 0 Å².